The highest BCUT2D eigenvalue weighted by Gasteiger charge is 2.42. The number of rotatable bonds is 6. The lowest BCUT2D eigenvalue weighted by Gasteiger charge is -2.40. The minimum atomic E-state index is -4.80. The zero-order valence-electron chi connectivity index (χ0n) is 17.5. The van der Waals surface area contributed by atoms with Gasteiger partial charge in [-0.2, -0.15) is 13.2 Å². The molecule has 0 amide bonds. The van der Waals surface area contributed by atoms with Crippen molar-refractivity contribution in [1.29, 1.82) is 5.41 Å². The molecule has 0 atom stereocenters. The average Bonchev–Trinajstić information content (AvgIpc) is 2.83. The van der Waals surface area contributed by atoms with Crippen LogP contribution in [0.25, 0.3) is 0 Å². The molecule has 4 rings (SSSR count). The average molecular weight is 559 g/mol. The highest BCUT2D eigenvalue weighted by atomic mass is 127. The molecule has 1 aromatic heterocycles. The number of benzene rings is 2. The number of anilines is 1. The first kappa shape index (κ1) is 23.2. The van der Waals surface area contributed by atoms with Gasteiger partial charge in [0.25, 0.3) is 0 Å². The Hall–Kier alpha value is -2.94. The third-order valence-electron chi connectivity index (χ3n) is 5.65. The SMILES string of the molecule is N=C(c1c(I)ccnc1NC(C1=CC=CCC1)(c1ccccc1)c1ccccc1)C(F)(F)F. The summed E-state index contributed by atoms with van der Waals surface area (Å²) in [6, 6.07) is 20.8. The molecule has 1 aliphatic rings. The summed E-state index contributed by atoms with van der Waals surface area (Å²) in [5.74, 6) is 0.0207. The maximum absolute atomic E-state index is 13.6. The van der Waals surface area contributed by atoms with Crippen molar-refractivity contribution < 1.29 is 13.2 Å². The van der Waals surface area contributed by atoms with Gasteiger partial charge < -0.3 is 5.32 Å². The van der Waals surface area contributed by atoms with Crippen molar-refractivity contribution in [3.8, 4) is 0 Å². The molecule has 0 saturated carbocycles. The number of aromatic nitrogens is 1. The summed E-state index contributed by atoms with van der Waals surface area (Å²) in [7, 11) is 0. The van der Waals surface area contributed by atoms with E-state index in [9.17, 15) is 13.2 Å². The molecule has 168 valence electrons. The summed E-state index contributed by atoms with van der Waals surface area (Å²) in [4.78, 5) is 4.30. The molecule has 2 N–H and O–H groups in total. The van der Waals surface area contributed by atoms with Crippen molar-refractivity contribution in [3.63, 3.8) is 0 Å². The van der Waals surface area contributed by atoms with Crippen LogP contribution in [-0.4, -0.2) is 16.9 Å². The normalized spacial score (nSPS) is 14.0. The van der Waals surface area contributed by atoms with E-state index in [1.165, 1.54) is 12.3 Å². The van der Waals surface area contributed by atoms with Crippen LogP contribution < -0.4 is 5.32 Å². The molecule has 0 radical (unpaired) electrons. The van der Waals surface area contributed by atoms with E-state index in [-0.39, 0.29) is 11.4 Å². The van der Waals surface area contributed by atoms with Crippen LogP contribution in [0.4, 0.5) is 19.0 Å². The lowest BCUT2D eigenvalue weighted by molar-refractivity contribution is -0.0588. The Balaban J connectivity index is 2.00. The predicted octanol–water partition coefficient (Wildman–Crippen LogP) is 7.25. The summed E-state index contributed by atoms with van der Waals surface area (Å²) in [5.41, 5.74) is 0.118. The molecule has 1 heterocycles. The third kappa shape index (κ3) is 4.59. The van der Waals surface area contributed by atoms with Crippen LogP contribution in [0.3, 0.4) is 0 Å². The van der Waals surface area contributed by atoms with E-state index < -0.39 is 17.4 Å². The van der Waals surface area contributed by atoms with Gasteiger partial charge in [0.1, 0.15) is 17.1 Å². The van der Waals surface area contributed by atoms with Crippen LogP contribution >= 0.6 is 22.6 Å². The quantitative estimate of drug-likeness (QED) is 0.247. The second-order valence-corrected chi connectivity index (χ2v) is 8.82. The molecule has 2 aromatic carbocycles. The van der Waals surface area contributed by atoms with Crippen molar-refractivity contribution in [2.45, 2.75) is 24.6 Å². The van der Waals surface area contributed by atoms with Gasteiger partial charge in [-0.15, -0.1) is 0 Å². The number of allylic oxidation sites excluding steroid dienone is 3. The van der Waals surface area contributed by atoms with E-state index in [0.29, 0.717) is 3.57 Å². The van der Waals surface area contributed by atoms with Crippen molar-refractivity contribution in [2.24, 2.45) is 0 Å². The summed E-state index contributed by atoms with van der Waals surface area (Å²) in [5, 5.41) is 11.3. The van der Waals surface area contributed by atoms with Crippen molar-refractivity contribution >= 4 is 34.1 Å². The summed E-state index contributed by atoms with van der Waals surface area (Å²) < 4.78 is 41.2. The molecule has 0 spiro atoms. The van der Waals surface area contributed by atoms with Gasteiger partial charge in [0.2, 0.25) is 0 Å². The molecule has 3 aromatic rings. The van der Waals surface area contributed by atoms with E-state index in [1.807, 2.05) is 95.4 Å². The minimum Gasteiger partial charge on any atom is -0.352 e. The predicted molar refractivity (Wildman–Crippen MR) is 134 cm³/mol. The number of nitrogens with zero attached hydrogens (tertiary/aromatic N) is 1. The molecule has 0 aliphatic heterocycles. The second-order valence-electron chi connectivity index (χ2n) is 7.65. The molecular weight excluding hydrogens is 538 g/mol. The molecule has 0 bridgehead atoms. The molecule has 1 aliphatic carbocycles. The van der Waals surface area contributed by atoms with Crippen molar-refractivity contribution in [2.75, 3.05) is 5.32 Å². The minimum absolute atomic E-state index is 0.0207. The van der Waals surface area contributed by atoms with Gasteiger partial charge >= 0.3 is 6.18 Å². The van der Waals surface area contributed by atoms with Crippen molar-refractivity contribution in [1.82, 2.24) is 4.98 Å². The number of hydrogen-bond donors (Lipinski definition) is 2. The third-order valence-corrected chi connectivity index (χ3v) is 6.55. The largest absolute Gasteiger partial charge is 0.433 e. The lowest BCUT2D eigenvalue weighted by atomic mass is 9.74. The monoisotopic (exact) mass is 559 g/mol. The van der Waals surface area contributed by atoms with Gasteiger partial charge in [0.05, 0.1) is 5.56 Å². The van der Waals surface area contributed by atoms with Gasteiger partial charge in [-0.25, -0.2) is 4.98 Å². The fourth-order valence-corrected chi connectivity index (χ4v) is 4.83. The van der Waals surface area contributed by atoms with Crippen molar-refractivity contribution in [3.05, 3.63) is 117 Å². The highest BCUT2D eigenvalue weighted by Crippen LogP contribution is 2.44. The Bertz CT molecular complexity index is 1160. The molecular formula is C26H21F3IN3. The Labute approximate surface area is 204 Å². The molecule has 0 fully saturated rings. The maximum Gasteiger partial charge on any atom is 0.433 e. The maximum atomic E-state index is 13.6. The van der Waals surface area contributed by atoms with Gasteiger partial charge in [-0.3, -0.25) is 5.41 Å². The smallest absolute Gasteiger partial charge is 0.352 e. The van der Waals surface area contributed by atoms with E-state index in [0.717, 1.165) is 29.5 Å². The fraction of sp³-hybridized carbons (Fsp3) is 0.154. The van der Waals surface area contributed by atoms with Gasteiger partial charge in [0, 0.05) is 9.77 Å². The van der Waals surface area contributed by atoms with Crippen LogP contribution in [0.1, 0.15) is 29.5 Å². The topological polar surface area (TPSA) is 48.8 Å². The molecule has 3 nitrogen and oxygen atoms in total. The molecule has 0 saturated heterocycles. The fourth-order valence-electron chi connectivity index (χ4n) is 4.14. The number of alkyl halides is 3. The van der Waals surface area contributed by atoms with E-state index in [2.05, 4.69) is 16.4 Å². The van der Waals surface area contributed by atoms with Gasteiger partial charge in [-0.05, 0) is 58.2 Å². The first-order valence-electron chi connectivity index (χ1n) is 10.4. The molecule has 7 heteroatoms. The van der Waals surface area contributed by atoms with Crippen LogP contribution in [0.2, 0.25) is 0 Å². The van der Waals surface area contributed by atoms with E-state index in [4.69, 9.17) is 5.41 Å². The van der Waals surface area contributed by atoms with Gasteiger partial charge in [-0.1, -0.05) is 78.9 Å². The van der Waals surface area contributed by atoms with E-state index in [1.54, 1.807) is 0 Å². The Morgan fingerprint density at radius 2 is 1.55 bits per heavy atom. The number of hydrogen-bond acceptors (Lipinski definition) is 3. The Morgan fingerprint density at radius 1 is 0.939 bits per heavy atom. The first-order chi connectivity index (χ1) is 15.8. The van der Waals surface area contributed by atoms with Crippen LogP contribution in [0.15, 0.2) is 96.7 Å². The molecule has 33 heavy (non-hydrogen) atoms. The number of nitrogens with one attached hydrogen (secondary N) is 2. The zero-order chi connectivity index (χ0) is 23.5. The zero-order valence-corrected chi connectivity index (χ0v) is 19.7. The van der Waals surface area contributed by atoms with Crippen LogP contribution in [0.5, 0.6) is 0 Å². The molecule has 0 unspecified atom stereocenters. The highest BCUT2D eigenvalue weighted by molar-refractivity contribution is 14.1. The summed E-state index contributed by atoms with van der Waals surface area (Å²) >= 11 is 1.83. The Morgan fingerprint density at radius 3 is 2.06 bits per heavy atom. The van der Waals surface area contributed by atoms with E-state index >= 15 is 0 Å². The standard InChI is InChI=1S/C26H21F3IN3/c27-26(28,29)23(31)22-21(30)16-17-32-24(22)33-25(18-10-4-1-5-11-18,19-12-6-2-7-13-19)20-14-8-3-9-15-20/h1-8,10-14,16-17,31H,9,15H2,(H,32,33). The summed E-state index contributed by atoms with van der Waals surface area (Å²) in [6.45, 7) is 0. The number of pyridine rings is 1. The number of halogens is 4. The lowest BCUT2D eigenvalue weighted by Crippen LogP contribution is -2.40. The first-order valence-corrected chi connectivity index (χ1v) is 11.5. The second kappa shape index (κ2) is 9.51. The van der Waals surface area contributed by atoms with Crippen LogP contribution in [0, 0.1) is 8.98 Å². The van der Waals surface area contributed by atoms with Gasteiger partial charge in [0.15, 0.2) is 0 Å². The summed E-state index contributed by atoms with van der Waals surface area (Å²) in [6.07, 6.45) is 4.27. The Kier molecular flexibility index (Phi) is 6.69. The van der Waals surface area contributed by atoms with Crippen LogP contribution in [-0.2, 0) is 5.54 Å².